The summed E-state index contributed by atoms with van der Waals surface area (Å²) in [7, 11) is 0. The Kier molecular flexibility index (Phi) is 5.25. The zero-order chi connectivity index (χ0) is 13.0. The fraction of sp³-hybridized carbons (Fsp3) is 0.500. The highest BCUT2D eigenvalue weighted by Gasteiger charge is 2.26. The molecule has 1 aromatic rings. The van der Waals surface area contributed by atoms with E-state index in [-0.39, 0.29) is 5.91 Å². The Morgan fingerprint density at radius 2 is 2.06 bits per heavy atom. The van der Waals surface area contributed by atoms with Gasteiger partial charge in [0.1, 0.15) is 0 Å². The highest BCUT2D eigenvalue weighted by Crippen LogP contribution is 2.24. The van der Waals surface area contributed by atoms with Crippen molar-refractivity contribution in [2.75, 3.05) is 11.9 Å². The molecule has 18 heavy (non-hydrogen) atoms. The Morgan fingerprint density at radius 3 is 2.78 bits per heavy atom. The molecule has 1 fully saturated rings. The lowest BCUT2D eigenvalue weighted by Crippen LogP contribution is -2.41. The third-order valence-corrected chi connectivity index (χ3v) is 4.86. The first-order valence-electron chi connectivity index (χ1n) is 6.35. The molecule has 2 rings (SSSR count). The number of halogens is 2. The van der Waals surface area contributed by atoms with Crippen molar-refractivity contribution < 1.29 is 4.79 Å². The van der Waals surface area contributed by atoms with Crippen LogP contribution in [0.1, 0.15) is 36.0 Å². The summed E-state index contributed by atoms with van der Waals surface area (Å²) in [4.78, 5) is 14.6. The van der Waals surface area contributed by atoms with Gasteiger partial charge in [-0.2, -0.15) is 0 Å². The standard InChI is InChI=1S/C14H17Br2NO/c15-10-11-6-2-1-5-9-17(11)14(18)12-7-3-4-8-13(12)16/h3-4,7-8,11H,1-2,5-6,9-10H2. The molecule has 0 saturated carbocycles. The van der Waals surface area contributed by atoms with Crippen molar-refractivity contribution in [1.82, 2.24) is 4.90 Å². The van der Waals surface area contributed by atoms with Gasteiger partial charge in [0.25, 0.3) is 5.91 Å². The minimum atomic E-state index is 0.147. The Labute approximate surface area is 125 Å². The van der Waals surface area contributed by atoms with E-state index in [4.69, 9.17) is 0 Å². The number of carbonyl (C=O) groups excluding carboxylic acids is 1. The van der Waals surface area contributed by atoms with E-state index in [9.17, 15) is 4.79 Å². The molecule has 0 radical (unpaired) electrons. The van der Waals surface area contributed by atoms with Crippen LogP contribution in [-0.2, 0) is 0 Å². The highest BCUT2D eigenvalue weighted by atomic mass is 79.9. The lowest BCUT2D eigenvalue weighted by Gasteiger charge is -2.29. The van der Waals surface area contributed by atoms with Crippen molar-refractivity contribution in [1.29, 1.82) is 0 Å². The molecule has 0 N–H and O–H groups in total. The number of hydrogen-bond donors (Lipinski definition) is 0. The van der Waals surface area contributed by atoms with Crippen LogP contribution in [0.25, 0.3) is 0 Å². The summed E-state index contributed by atoms with van der Waals surface area (Å²) >= 11 is 7.01. The molecule has 1 heterocycles. The topological polar surface area (TPSA) is 20.3 Å². The van der Waals surface area contributed by atoms with Gasteiger partial charge in [-0.05, 0) is 40.9 Å². The lowest BCUT2D eigenvalue weighted by atomic mass is 10.1. The van der Waals surface area contributed by atoms with Crippen molar-refractivity contribution >= 4 is 37.8 Å². The molecular formula is C14H17Br2NO. The lowest BCUT2D eigenvalue weighted by molar-refractivity contribution is 0.0701. The minimum Gasteiger partial charge on any atom is -0.335 e. The first-order valence-corrected chi connectivity index (χ1v) is 8.27. The van der Waals surface area contributed by atoms with Crippen LogP contribution in [0.4, 0.5) is 0 Å². The third kappa shape index (κ3) is 3.15. The van der Waals surface area contributed by atoms with E-state index in [2.05, 4.69) is 31.9 Å². The molecule has 0 aliphatic carbocycles. The van der Waals surface area contributed by atoms with Gasteiger partial charge < -0.3 is 4.90 Å². The molecule has 1 aromatic carbocycles. The van der Waals surface area contributed by atoms with Gasteiger partial charge in [-0.3, -0.25) is 4.79 Å². The summed E-state index contributed by atoms with van der Waals surface area (Å²) in [5.41, 5.74) is 0.769. The van der Waals surface area contributed by atoms with E-state index < -0.39 is 0 Å². The summed E-state index contributed by atoms with van der Waals surface area (Å²) < 4.78 is 0.882. The van der Waals surface area contributed by atoms with E-state index in [1.54, 1.807) is 0 Å². The summed E-state index contributed by atoms with van der Waals surface area (Å²) in [5.74, 6) is 0.147. The highest BCUT2D eigenvalue weighted by molar-refractivity contribution is 9.10. The fourth-order valence-electron chi connectivity index (χ4n) is 2.39. The molecule has 0 bridgehead atoms. The van der Waals surface area contributed by atoms with Crippen LogP contribution in [0.15, 0.2) is 28.7 Å². The molecule has 1 aliphatic rings. The first-order chi connectivity index (χ1) is 8.74. The van der Waals surface area contributed by atoms with Gasteiger partial charge in [0.05, 0.1) is 5.56 Å². The van der Waals surface area contributed by atoms with Crippen molar-refractivity contribution in [2.45, 2.75) is 31.7 Å². The molecule has 1 aliphatic heterocycles. The number of likely N-dealkylation sites (tertiary alicyclic amines) is 1. The average molecular weight is 375 g/mol. The second kappa shape index (κ2) is 6.71. The Balaban J connectivity index is 2.23. The van der Waals surface area contributed by atoms with Gasteiger partial charge in [0.2, 0.25) is 0 Å². The predicted molar refractivity (Wildman–Crippen MR) is 81.2 cm³/mol. The quantitative estimate of drug-likeness (QED) is 0.709. The molecule has 1 atom stereocenters. The summed E-state index contributed by atoms with van der Waals surface area (Å²) in [5, 5.41) is 0.864. The van der Waals surface area contributed by atoms with E-state index in [1.165, 1.54) is 12.8 Å². The number of hydrogen-bond acceptors (Lipinski definition) is 1. The molecule has 1 saturated heterocycles. The zero-order valence-corrected chi connectivity index (χ0v) is 13.4. The molecule has 98 valence electrons. The van der Waals surface area contributed by atoms with Crippen LogP contribution in [-0.4, -0.2) is 28.7 Å². The van der Waals surface area contributed by atoms with Crippen LogP contribution in [0.2, 0.25) is 0 Å². The molecule has 0 aromatic heterocycles. The first kappa shape index (κ1) is 14.1. The number of benzene rings is 1. The average Bonchev–Trinajstić information content (AvgIpc) is 2.63. The van der Waals surface area contributed by atoms with Gasteiger partial charge >= 0.3 is 0 Å². The summed E-state index contributed by atoms with van der Waals surface area (Å²) in [6.07, 6.45) is 4.65. The van der Waals surface area contributed by atoms with Gasteiger partial charge in [-0.15, -0.1) is 0 Å². The van der Waals surface area contributed by atoms with Crippen molar-refractivity contribution in [3.63, 3.8) is 0 Å². The number of alkyl halides is 1. The largest absolute Gasteiger partial charge is 0.335 e. The normalized spacial score (nSPS) is 20.6. The zero-order valence-electron chi connectivity index (χ0n) is 10.2. The van der Waals surface area contributed by atoms with E-state index in [0.717, 1.165) is 34.8 Å². The Morgan fingerprint density at radius 1 is 1.28 bits per heavy atom. The maximum Gasteiger partial charge on any atom is 0.255 e. The Hall–Kier alpha value is -0.350. The SMILES string of the molecule is O=C(c1ccccc1Br)N1CCCCCC1CBr. The van der Waals surface area contributed by atoms with Crippen molar-refractivity contribution in [3.8, 4) is 0 Å². The number of carbonyl (C=O) groups is 1. The maximum absolute atomic E-state index is 12.6. The van der Waals surface area contributed by atoms with Crippen LogP contribution in [0, 0.1) is 0 Å². The van der Waals surface area contributed by atoms with Crippen LogP contribution in [0.5, 0.6) is 0 Å². The number of amides is 1. The molecule has 1 unspecified atom stereocenters. The molecular weight excluding hydrogens is 358 g/mol. The monoisotopic (exact) mass is 373 g/mol. The van der Waals surface area contributed by atoms with E-state index in [1.807, 2.05) is 29.2 Å². The molecule has 1 amide bonds. The van der Waals surface area contributed by atoms with E-state index in [0.29, 0.717) is 6.04 Å². The molecule has 2 nitrogen and oxygen atoms in total. The minimum absolute atomic E-state index is 0.147. The third-order valence-electron chi connectivity index (χ3n) is 3.42. The van der Waals surface area contributed by atoms with Gasteiger partial charge in [0, 0.05) is 22.4 Å². The smallest absolute Gasteiger partial charge is 0.255 e. The second-order valence-electron chi connectivity index (χ2n) is 4.64. The van der Waals surface area contributed by atoms with Crippen LogP contribution >= 0.6 is 31.9 Å². The predicted octanol–water partition coefficient (Wildman–Crippen LogP) is 4.23. The maximum atomic E-state index is 12.6. The van der Waals surface area contributed by atoms with Crippen molar-refractivity contribution in [2.24, 2.45) is 0 Å². The van der Waals surface area contributed by atoms with E-state index >= 15 is 0 Å². The van der Waals surface area contributed by atoms with Crippen LogP contribution in [0.3, 0.4) is 0 Å². The number of nitrogens with zero attached hydrogens (tertiary/aromatic N) is 1. The fourth-order valence-corrected chi connectivity index (χ4v) is 3.52. The van der Waals surface area contributed by atoms with Gasteiger partial charge in [0.15, 0.2) is 0 Å². The van der Waals surface area contributed by atoms with Gasteiger partial charge in [-0.1, -0.05) is 40.9 Å². The second-order valence-corrected chi connectivity index (χ2v) is 6.14. The molecule has 0 spiro atoms. The van der Waals surface area contributed by atoms with Crippen LogP contribution < -0.4 is 0 Å². The Bertz CT molecular complexity index is 422. The van der Waals surface area contributed by atoms with Gasteiger partial charge in [-0.25, -0.2) is 0 Å². The summed E-state index contributed by atoms with van der Waals surface area (Å²) in [6, 6.07) is 7.99. The number of rotatable bonds is 2. The van der Waals surface area contributed by atoms with Crippen molar-refractivity contribution in [3.05, 3.63) is 34.3 Å². The molecule has 4 heteroatoms. The summed E-state index contributed by atoms with van der Waals surface area (Å²) in [6.45, 7) is 0.871.